The molecule has 0 aliphatic carbocycles. The number of rotatable bonds is 2. The van der Waals surface area contributed by atoms with Crippen molar-refractivity contribution >= 4 is 39.2 Å². The molecule has 0 aliphatic heterocycles. The zero-order valence-corrected chi connectivity index (χ0v) is 12.7. The van der Waals surface area contributed by atoms with Crippen molar-refractivity contribution in [1.82, 2.24) is 14.5 Å². The van der Waals surface area contributed by atoms with E-state index in [0.717, 1.165) is 21.2 Å². The van der Waals surface area contributed by atoms with Gasteiger partial charge in [0.05, 0.1) is 22.8 Å². The minimum atomic E-state index is 0.101. The second-order valence-corrected chi connectivity index (χ2v) is 5.69. The summed E-state index contributed by atoms with van der Waals surface area (Å²) in [4.78, 5) is 7.65. The molecule has 0 spiro atoms. The van der Waals surface area contributed by atoms with Crippen LogP contribution < -0.4 is 0 Å². The first-order chi connectivity index (χ1) is 9.16. The number of hydrogen-bond acceptors (Lipinski definition) is 2. The normalized spacial score (nSPS) is 12.7. The van der Waals surface area contributed by atoms with Gasteiger partial charge in [-0.3, -0.25) is 4.98 Å². The van der Waals surface area contributed by atoms with Crippen LogP contribution in [-0.4, -0.2) is 14.5 Å². The predicted molar refractivity (Wildman–Crippen MR) is 82.9 cm³/mol. The first-order valence-electron chi connectivity index (χ1n) is 5.97. The van der Waals surface area contributed by atoms with Gasteiger partial charge in [-0.25, -0.2) is 0 Å². The SMILES string of the molecule is CC(c1ccccn1)n1c(=S)[nH]c2cc(Br)ccc21. The molecule has 0 amide bonds. The number of imidazole rings is 1. The number of nitrogens with zero attached hydrogens (tertiary/aromatic N) is 2. The second-order valence-electron chi connectivity index (χ2n) is 4.39. The van der Waals surface area contributed by atoms with Crippen LogP contribution in [0.15, 0.2) is 47.1 Å². The third-order valence-electron chi connectivity index (χ3n) is 3.18. The highest BCUT2D eigenvalue weighted by molar-refractivity contribution is 9.10. The molecule has 0 saturated carbocycles. The fourth-order valence-electron chi connectivity index (χ4n) is 2.24. The summed E-state index contributed by atoms with van der Waals surface area (Å²) < 4.78 is 3.85. The molecule has 0 saturated heterocycles. The van der Waals surface area contributed by atoms with Gasteiger partial charge in [-0.05, 0) is 49.5 Å². The van der Waals surface area contributed by atoms with Gasteiger partial charge in [-0.15, -0.1) is 0 Å². The Hall–Kier alpha value is -1.46. The number of halogens is 1. The molecule has 2 heterocycles. The summed E-state index contributed by atoms with van der Waals surface area (Å²) in [6.07, 6.45) is 1.81. The standard InChI is InChI=1S/C14H12BrN3S/c1-9(11-4-2-3-7-16-11)18-13-6-5-10(15)8-12(13)17-14(18)19/h2-9H,1H3,(H,17,19). The van der Waals surface area contributed by atoms with Crippen LogP contribution in [0.5, 0.6) is 0 Å². The molecule has 5 heteroatoms. The number of aromatic nitrogens is 3. The van der Waals surface area contributed by atoms with Crippen LogP contribution in [0.1, 0.15) is 18.7 Å². The van der Waals surface area contributed by atoms with E-state index in [0.29, 0.717) is 4.77 Å². The van der Waals surface area contributed by atoms with Crippen LogP contribution in [0.25, 0.3) is 11.0 Å². The Morgan fingerprint density at radius 2 is 2.16 bits per heavy atom. The van der Waals surface area contributed by atoms with Gasteiger partial charge >= 0.3 is 0 Å². The van der Waals surface area contributed by atoms with Crippen molar-refractivity contribution in [2.45, 2.75) is 13.0 Å². The summed E-state index contributed by atoms with van der Waals surface area (Å²) in [5.74, 6) is 0. The third-order valence-corrected chi connectivity index (χ3v) is 3.97. The van der Waals surface area contributed by atoms with Gasteiger partial charge in [-0.2, -0.15) is 0 Å². The summed E-state index contributed by atoms with van der Waals surface area (Å²) in [6, 6.07) is 12.1. The summed E-state index contributed by atoms with van der Waals surface area (Å²) in [6.45, 7) is 2.10. The lowest BCUT2D eigenvalue weighted by atomic mass is 10.2. The summed E-state index contributed by atoms with van der Waals surface area (Å²) in [5.41, 5.74) is 3.12. The number of hydrogen-bond donors (Lipinski definition) is 1. The molecular formula is C14H12BrN3S. The van der Waals surface area contributed by atoms with Crippen LogP contribution in [0.3, 0.4) is 0 Å². The van der Waals surface area contributed by atoms with Crippen molar-refractivity contribution in [2.75, 3.05) is 0 Å². The Morgan fingerprint density at radius 3 is 2.89 bits per heavy atom. The molecule has 0 bridgehead atoms. The number of benzene rings is 1. The zero-order valence-electron chi connectivity index (χ0n) is 10.3. The smallest absolute Gasteiger partial charge is 0.178 e. The fraction of sp³-hybridized carbons (Fsp3) is 0.143. The van der Waals surface area contributed by atoms with Crippen molar-refractivity contribution in [2.24, 2.45) is 0 Å². The molecule has 19 heavy (non-hydrogen) atoms. The first kappa shape index (κ1) is 12.6. The van der Waals surface area contributed by atoms with Gasteiger partial charge < -0.3 is 9.55 Å². The molecule has 0 radical (unpaired) electrons. The number of H-pyrrole nitrogens is 1. The maximum atomic E-state index is 5.44. The van der Waals surface area contributed by atoms with Gasteiger partial charge in [0.1, 0.15) is 0 Å². The summed E-state index contributed by atoms with van der Waals surface area (Å²) in [5, 5.41) is 0. The fourth-order valence-corrected chi connectivity index (χ4v) is 2.97. The third kappa shape index (κ3) is 2.24. The lowest BCUT2D eigenvalue weighted by Crippen LogP contribution is -2.08. The molecule has 1 N–H and O–H groups in total. The minimum absolute atomic E-state index is 0.101. The predicted octanol–water partition coefficient (Wildman–Crippen LogP) is 4.47. The van der Waals surface area contributed by atoms with Crippen LogP contribution >= 0.6 is 28.1 Å². The average Bonchev–Trinajstić information content (AvgIpc) is 2.74. The lowest BCUT2D eigenvalue weighted by molar-refractivity contribution is 0.630. The topological polar surface area (TPSA) is 33.6 Å². The Balaban J connectivity index is 2.20. The van der Waals surface area contributed by atoms with Gasteiger partial charge in [-0.1, -0.05) is 22.0 Å². The molecule has 3 nitrogen and oxygen atoms in total. The molecular weight excluding hydrogens is 322 g/mol. The highest BCUT2D eigenvalue weighted by Crippen LogP contribution is 2.25. The van der Waals surface area contributed by atoms with Gasteiger partial charge in [0, 0.05) is 10.7 Å². The zero-order chi connectivity index (χ0) is 13.4. The highest BCUT2D eigenvalue weighted by atomic mass is 79.9. The largest absolute Gasteiger partial charge is 0.331 e. The van der Waals surface area contributed by atoms with E-state index in [1.54, 1.807) is 6.20 Å². The second kappa shape index (κ2) is 4.90. The van der Waals surface area contributed by atoms with E-state index in [1.165, 1.54) is 0 Å². The molecule has 1 atom stereocenters. The number of nitrogens with one attached hydrogen (secondary N) is 1. The quantitative estimate of drug-likeness (QED) is 0.702. The van der Waals surface area contributed by atoms with Gasteiger partial charge in [0.25, 0.3) is 0 Å². The molecule has 1 unspecified atom stereocenters. The lowest BCUT2D eigenvalue weighted by Gasteiger charge is -2.13. The first-order valence-corrected chi connectivity index (χ1v) is 7.17. The molecule has 0 fully saturated rings. The Morgan fingerprint density at radius 1 is 1.32 bits per heavy atom. The van der Waals surface area contributed by atoms with Crippen molar-refractivity contribution < 1.29 is 0 Å². The number of fused-ring (bicyclic) bond motifs is 1. The summed E-state index contributed by atoms with van der Waals surface area (Å²) >= 11 is 8.91. The van der Waals surface area contributed by atoms with E-state index in [9.17, 15) is 0 Å². The Kier molecular flexibility index (Phi) is 3.24. The van der Waals surface area contributed by atoms with E-state index in [4.69, 9.17) is 12.2 Å². The van der Waals surface area contributed by atoms with E-state index in [-0.39, 0.29) is 6.04 Å². The molecule has 0 aliphatic rings. The van der Waals surface area contributed by atoms with E-state index < -0.39 is 0 Å². The molecule has 2 aromatic heterocycles. The monoisotopic (exact) mass is 333 g/mol. The van der Waals surface area contributed by atoms with Crippen LogP contribution in [0.4, 0.5) is 0 Å². The van der Waals surface area contributed by atoms with Crippen molar-refractivity contribution in [3.8, 4) is 0 Å². The van der Waals surface area contributed by atoms with Crippen molar-refractivity contribution in [3.05, 3.63) is 57.5 Å². The Labute approximate surface area is 124 Å². The van der Waals surface area contributed by atoms with Crippen LogP contribution in [0.2, 0.25) is 0 Å². The Bertz CT molecular complexity index is 776. The minimum Gasteiger partial charge on any atom is -0.331 e. The van der Waals surface area contributed by atoms with E-state index in [1.807, 2.05) is 30.3 Å². The number of pyridine rings is 1. The van der Waals surface area contributed by atoms with Crippen molar-refractivity contribution in [1.29, 1.82) is 0 Å². The van der Waals surface area contributed by atoms with E-state index >= 15 is 0 Å². The van der Waals surface area contributed by atoms with Gasteiger partial charge in [0.2, 0.25) is 0 Å². The van der Waals surface area contributed by atoms with E-state index in [2.05, 4.69) is 43.5 Å². The molecule has 96 valence electrons. The average molecular weight is 334 g/mol. The molecule has 1 aromatic carbocycles. The maximum Gasteiger partial charge on any atom is 0.178 e. The van der Waals surface area contributed by atoms with Gasteiger partial charge in [0.15, 0.2) is 4.77 Å². The maximum absolute atomic E-state index is 5.44. The highest BCUT2D eigenvalue weighted by Gasteiger charge is 2.13. The molecule has 3 rings (SSSR count). The summed E-state index contributed by atoms with van der Waals surface area (Å²) in [7, 11) is 0. The van der Waals surface area contributed by atoms with Crippen molar-refractivity contribution in [3.63, 3.8) is 0 Å². The molecule has 3 aromatic rings. The van der Waals surface area contributed by atoms with Crippen LogP contribution in [-0.2, 0) is 0 Å². The number of aromatic amines is 1. The van der Waals surface area contributed by atoms with Crippen LogP contribution in [0, 0.1) is 4.77 Å².